The summed E-state index contributed by atoms with van der Waals surface area (Å²) >= 11 is 0. The van der Waals surface area contributed by atoms with Gasteiger partial charge < -0.3 is 10.8 Å². The summed E-state index contributed by atoms with van der Waals surface area (Å²) in [5.74, 6) is -2.69. The van der Waals surface area contributed by atoms with E-state index < -0.39 is 23.6 Å². The smallest absolute Gasteiger partial charge is 0.320 e. The first-order valence-electron chi connectivity index (χ1n) is 3.93. The molecule has 3 nitrogen and oxygen atoms in total. The highest BCUT2D eigenvalue weighted by Crippen LogP contribution is 2.11. The topological polar surface area (TPSA) is 63.3 Å². The number of benzene rings is 1. The van der Waals surface area contributed by atoms with Crippen molar-refractivity contribution in [1.29, 1.82) is 0 Å². The molecule has 0 spiro atoms. The normalized spacial score (nSPS) is 12.5. The maximum atomic E-state index is 13.0. The molecule has 0 radical (unpaired) electrons. The molecule has 0 aromatic heterocycles. The van der Waals surface area contributed by atoms with Crippen LogP contribution in [0.5, 0.6) is 0 Å². The Morgan fingerprint density at radius 2 is 2.14 bits per heavy atom. The van der Waals surface area contributed by atoms with Crippen LogP contribution in [0.1, 0.15) is 5.56 Å². The van der Waals surface area contributed by atoms with Crippen LogP contribution in [0.25, 0.3) is 0 Å². The first kappa shape index (κ1) is 10.6. The number of carboxylic acid groups (broad SMARTS) is 1. The number of carbonyl (C=O) groups is 1. The fourth-order valence-electron chi connectivity index (χ4n) is 1.01. The van der Waals surface area contributed by atoms with Gasteiger partial charge in [-0.1, -0.05) is 6.07 Å². The maximum Gasteiger partial charge on any atom is 0.320 e. The lowest BCUT2D eigenvalue weighted by Gasteiger charge is -2.06. The van der Waals surface area contributed by atoms with Gasteiger partial charge in [-0.15, -0.1) is 0 Å². The highest BCUT2D eigenvalue weighted by atomic mass is 19.1. The number of aliphatic carboxylic acids is 1. The van der Waals surface area contributed by atoms with Crippen molar-refractivity contribution in [2.75, 3.05) is 0 Å². The van der Waals surface area contributed by atoms with Crippen LogP contribution in [0.15, 0.2) is 18.2 Å². The van der Waals surface area contributed by atoms with E-state index in [0.717, 1.165) is 6.07 Å². The molecule has 0 fully saturated rings. The van der Waals surface area contributed by atoms with E-state index in [-0.39, 0.29) is 12.0 Å². The molecule has 0 bridgehead atoms. The quantitative estimate of drug-likeness (QED) is 0.764. The van der Waals surface area contributed by atoms with Gasteiger partial charge in [0.2, 0.25) is 0 Å². The second kappa shape index (κ2) is 4.15. The van der Waals surface area contributed by atoms with Crippen molar-refractivity contribution in [3.8, 4) is 0 Å². The van der Waals surface area contributed by atoms with E-state index in [2.05, 4.69) is 0 Å². The van der Waals surface area contributed by atoms with Gasteiger partial charge in [0.1, 0.15) is 17.7 Å². The largest absolute Gasteiger partial charge is 0.480 e. The molecule has 1 aromatic carbocycles. The average molecular weight is 201 g/mol. The molecular formula is C9H9F2NO2. The van der Waals surface area contributed by atoms with Crippen molar-refractivity contribution < 1.29 is 18.7 Å². The lowest BCUT2D eigenvalue weighted by molar-refractivity contribution is -0.138. The summed E-state index contributed by atoms with van der Waals surface area (Å²) in [4.78, 5) is 10.4. The van der Waals surface area contributed by atoms with Gasteiger partial charge in [-0.2, -0.15) is 0 Å². The van der Waals surface area contributed by atoms with Gasteiger partial charge in [-0.05, 0) is 11.6 Å². The zero-order chi connectivity index (χ0) is 10.7. The third kappa shape index (κ3) is 2.50. The molecule has 76 valence electrons. The summed E-state index contributed by atoms with van der Waals surface area (Å²) in [5.41, 5.74) is 5.29. The molecule has 5 heteroatoms. The van der Waals surface area contributed by atoms with Crippen LogP contribution in [0, 0.1) is 11.6 Å². The Hall–Kier alpha value is -1.49. The molecule has 3 N–H and O–H groups in total. The van der Waals surface area contributed by atoms with Gasteiger partial charge in [0, 0.05) is 12.5 Å². The van der Waals surface area contributed by atoms with Gasteiger partial charge in [-0.25, -0.2) is 8.78 Å². The van der Waals surface area contributed by atoms with Crippen LogP contribution in [-0.2, 0) is 11.2 Å². The number of rotatable bonds is 3. The molecule has 14 heavy (non-hydrogen) atoms. The lowest BCUT2D eigenvalue weighted by atomic mass is 10.1. The van der Waals surface area contributed by atoms with Gasteiger partial charge >= 0.3 is 5.97 Å². The van der Waals surface area contributed by atoms with Gasteiger partial charge in [-0.3, -0.25) is 4.79 Å². The number of hydrogen-bond donors (Lipinski definition) is 2. The lowest BCUT2D eigenvalue weighted by Crippen LogP contribution is -2.32. The van der Waals surface area contributed by atoms with Crippen molar-refractivity contribution in [2.45, 2.75) is 12.5 Å². The molecule has 1 rings (SSSR count). The van der Waals surface area contributed by atoms with E-state index in [1.54, 1.807) is 0 Å². The van der Waals surface area contributed by atoms with Gasteiger partial charge in [0.15, 0.2) is 0 Å². The maximum absolute atomic E-state index is 13.0. The zero-order valence-electron chi connectivity index (χ0n) is 7.21. The average Bonchev–Trinajstić information content (AvgIpc) is 2.09. The summed E-state index contributed by atoms with van der Waals surface area (Å²) in [7, 11) is 0. The van der Waals surface area contributed by atoms with Crippen LogP contribution in [0.3, 0.4) is 0 Å². The molecule has 0 aliphatic rings. The second-order valence-corrected chi connectivity index (χ2v) is 2.88. The van der Waals surface area contributed by atoms with Crippen molar-refractivity contribution in [3.05, 3.63) is 35.4 Å². The van der Waals surface area contributed by atoms with Crippen molar-refractivity contribution in [3.63, 3.8) is 0 Å². The Morgan fingerprint density at radius 1 is 1.50 bits per heavy atom. The molecule has 0 aliphatic heterocycles. The Kier molecular flexibility index (Phi) is 3.14. The predicted molar refractivity (Wildman–Crippen MR) is 45.7 cm³/mol. The third-order valence-corrected chi connectivity index (χ3v) is 1.77. The van der Waals surface area contributed by atoms with Crippen LogP contribution in [0.4, 0.5) is 8.78 Å². The minimum atomic E-state index is -1.21. The minimum absolute atomic E-state index is 0.0984. The Morgan fingerprint density at radius 3 is 2.64 bits per heavy atom. The molecule has 0 amide bonds. The molecule has 1 atom stereocenters. The summed E-state index contributed by atoms with van der Waals surface area (Å²) < 4.78 is 25.4. The summed E-state index contributed by atoms with van der Waals surface area (Å²) in [5, 5.41) is 8.47. The highest BCUT2D eigenvalue weighted by molar-refractivity contribution is 5.73. The molecule has 0 saturated heterocycles. The van der Waals surface area contributed by atoms with E-state index in [0.29, 0.717) is 6.07 Å². The second-order valence-electron chi connectivity index (χ2n) is 2.88. The number of carboxylic acids is 1. The summed E-state index contributed by atoms with van der Waals surface area (Å²) in [6.45, 7) is 0. The molecular weight excluding hydrogens is 192 g/mol. The Balaban J connectivity index is 2.82. The minimum Gasteiger partial charge on any atom is -0.480 e. The molecule has 0 unspecified atom stereocenters. The third-order valence-electron chi connectivity index (χ3n) is 1.77. The van der Waals surface area contributed by atoms with Crippen LogP contribution in [0.2, 0.25) is 0 Å². The standard InChI is InChI=1S/C9H9F2NO2/c10-6-2-1-5(7(11)4-6)3-8(12)9(13)14/h1-2,4,8H,3,12H2,(H,13,14)/t8-/m1/s1. The number of hydrogen-bond acceptors (Lipinski definition) is 2. The van der Waals surface area contributed by atoms with Crippen LogP contribution in [-0.4, -0.2) is 17.1 Å². The van der Waals surface area contributed by atoms with E-state index in [1.807, 2.05) is 0 Å². The van der Waals surface area contributed by atoms with Crippen LogP contribution < -0.4 is 5.73 Å². The molecule has 0 saturated carbocycles. The first-order chi connectivity index (χ1) is 6.50. The van der Waals surface area contributed by atoms with Crippen LogP contribution >= 0.6 is 0 Å². The van der Waals surface area contributed by atoms with E-state index in [4.69, 9.17) is 10.8 Å². The Labute approximate surface area is 79.2 Å². The van der Waals surface area contributed by atoms with Crippen molar-refractivity contribution in [2.24, 2.45) is 5.73 Å². The Bertz CT molecular complexity index is 355. The molecule has 0 aliphatic carbocycles. The number of nitrogens with two attached hydrogens (primary N) is 1. The zero-order valence-corrected chi connectivity index (χ0v) is 7.21. The van der Waals surface area contributed by atoms with Gasteiger partial charge in [0.25, 0.3) is 0 Å². The van der Waals surface area contributed by atoms with Gasteiger partial charge in [0.05, 0.1) is 0 Å². The first-order valence-corrected chi connectivity index (χ1v) is 3.93. The van der Waals surface area contributed by atoms with Crippen molar-refractivity contribution in [1.82, 2.24) is 0 Å². The van der Waals surface area contributed by atoms with Crippen molar-refractivity contribution >= 4 is 5.97 Å². The fraction of sp³-hybridized carbons (Fsp3) is 0.222. The van der Waals surface area contributed by atoms with E-state index >= 15 is 0 Å². The summed E-state index contributed by atoms with van der Waals surface area (Å²) in [6.07, 6.45) is -0.151. The molecule has 0 heterocycles. The monoisotopic (exact) mass is 201 g/mol. The highest BCUT2D eigenvalue weighted by Gasteiger charge is 2.14. The SMILES string of the molecule is N[C@H](Cc1ccc(F)cc1F)C(=O)O. The van der Waals surface area contributed by atoms with E-state index in [1.165, 1.54) is 6.07 Å². The van der Waals surface area contributed by atoms with E-state index in [9.17, 15) is 13.6 Å². The number of halogens is 2. The molecule has 1 aromatic rings. The predicted octanol–water partition coefficient (Wildman–Crippen LogP) is 0.919. The fourth-order valence-corrected chi connectivity index (χ4v) is 1.01. The summed E-state index contributed by atoms with van der Waals surface area (Å²) in [6, 6.07) is 1.78.